The molecule has 10 heteroatoms. The standard InChI is InChI=1S/C30H24FN7O2/c1-4-24(39)35-15-18-5-10-22(23(31)13-18)28-25(26-27(38(28)3)20(14-32)16-36-29(26)33)19-6-8-21(9-7-19)40-30-34-12-11-17(2)37-30/h4-13,16H,1,15H2,2-3H3,(H2,33,36)(H,35,39). The van der Waals surface area contributed by atoms with E-state index in [4.69, 9.17) is 10.5 Å². The van der Waals surface area contributed by atoms with Gasteiger partial charge in [-0.25, -0.2) is 19.3 Å². The van der Waals surface area contributed by atoms with Crippen molar-refractivity contribution >= 4 is 22.6 Å². The molecule has 5 rings (SSSR count). The van der Waals surface area contributed by atoms with Gasteiger partial charge in [-0.15, -0.1) is 0 Å². The first kappa shape index (κ1) is 26.1. The SMILES string of the molecule is C=CC(=O)NCc1ccc(-c2c(-c3ccc(Oc4nccc(C)n4)cc3)c3c(N)ncc(C#N)c3n2C)c(F)c1. The first-order valence-corrected chi connectivity index (χ1v) is 12.2. The third kappa shape index (κ3) is 4.83. The second-order valence-electron chi connectivity index (χ2n) is 9.02. The van der Waals surface area contributed by atoms with Crippen molar-refractivity contribution in [2.24, 2.45) is 7.05 Å². The van der Waals surface area contributed by atoms with Crippen molar-refractivity contribution < 1.29 is 13.9 Å². The molecule has 3 heterocycles. The molecule has 3 N–H and O–H groups in total. The van der Waals surface area contributed by atoms with Gasteiger partial charge in [0, 0.05) is 42.8 Å². The van der Waals surface area contributed by atoms with Gasteiger partial charge in [-0.05, 0) is 54.5 Å². The van der Waals surface area contributed by atoms with Crippen LogP contribution in [-0.4, -0.2) is 25.4 Å². The number of aryl methyl sites for hydroxylation is 2. The molecule has 198 valence electrons. The fourth-order valence-electron chi connectivity index (χ4n) is 4.58. The number of rotatable bonds is 7. The van der Waals surface area contributed by atoms with E-state index in [9.17, 15) is 10.1 Å². The fraction of sp³-hybridized carbons (Fsp3) is 0.100. The van der Waals surface area contributed by atoms with Gasteiger partial charge in [0.15, 0.2) is 0 Å². The number of hydrogen-bond acceptors (Lipinski definition) is 7. The maximum absolute atomic E-state index is 15.7. The summed E-state index contributed by atoms with van der Waals surface area (Å²) in [5.74, 6) is -0.131. The van der Waals surface area contributed by atoms with Crippen molar-refractivity contribution in [3.8, 4) is 40.2 Å². The summed E-state index contributed by atoms with van der Waals surface area (Å²) in [6, 6.07) is 16.0. The lowest BCUT2D eigenvalue weighted by molar-refractivity contribution is -0.116. The van der Waals surface area contributed by atoms with Crippen molar-refractivity contribution in [3.63, 3.8) is 0 Å². The number of halogens is 1. The van der Waals surface area contributed by atoms with Gasteiger partial charge in [0.25, 0.3) is 0 Å². The quantitative estimate of drug-likeness (QED) is 0.275. The molecule has 0 aliphatic carbocycles. The zero-order chi connectivity index (χ0) is 28.4. The summed E-state index contributed by atoms with van der Waals surface area (Å²) in [5, 5.41) is 13.0. The molecule has 40 heavy (non-hydrogen) atoms. The Morgan fingerprint density at radius 3 is 2.67 bits per heavy atom. The van der Waals surface area contributed by atoms with Crippen LogP contribution in [-0.2, 0) is 18.4 Å². The highest BCUT2D eigenvalue weighted by molar-refractivity contribution is 6.10. The number of ether oxygens (including phenoxy) is 1. The van der Waals surface area contributed by atoms with Gasteiger partial charge < -0.3 is 20.4 Å². The van der Waals surface area contributed by atoms with Crippen molar-refractivity contribution in [3.05, 3.63) is 96.2 Å². The molecule has 9 nitrogen and oxygen atoms in total. The van der Waals surface area contributed by atoms with Gasteiger partial charge in [-0.2, -0.15) is 5.26 Å². The number of nitrogens with zero attached hydrogens (tertiary/aromatic N) is 5. The number of benzene rings is 2. The number of nitriles is 1. The average Bonchev–Trinajstić information content (AvgIpc) is 3.26. The third-order valence-electron chi connectivity index (χ3n) is 6.42. The van der Waals surface area contributed by atoms with Crippen LogP contribution in [0.3, 0.4) is 0 Å². The van der Waals surface area contributed by atoms with Crippen LogP contribution in [0.5, 0.6) is 11.8 Å². The molecule has 1 amide bonds. The number of aromatic nitrogens is 4. The highest BCUT2D eigenvalue weighted by atomic mass is 19.1. The predicted molar refractivity (Wildman–Crippen MR) is 150 cm³/mol. The molecule has 0 bridgehead atoms. The molecule has 0 atom stereocenters. The summed E-state index contributed by atoms with van der Waals surface area (Å²) in [6.45, 7) is 5.41. The molecule has 0 saturated heterocycles. The largest absolute Gasteiger partial charge is 0.424 e. The first-order valence-electron chi connectivity index (χ1n) is 12.2. The van der Waals surface area contributed by atoms with Crippen LogP contribution >= 0.6 is 0 Å². The number of fused-ring (bicyclic) bond motifs is 1. The zero-order valence-corrected chi connectivity index (χ0v) is 21.8. The zero-order valence-electron chi connectivity index (χ0n) is 21.8. The highest BCUT2D eigenvalue weighted by Crippen LogP contribution is 2.44. The lowest BCUT2D eigenvalue weighted by atomic mass is 9.97. The van der Waals surface area contributed by atoms with Crippen LogP contribution in [0.15, 0.2) is 73.6 Å². The molecule has 0 aliphatic heterocycles. The minimum Gasteiger partial charge on any atom is -0.424 e. The number of carbonyl (C=O) groups excluding carboxylic acids is 1. The van der Waals surface area contributed by atoms with E-state index in [2.05, 4.69) is 32.9 Å². The van der Waals surface area contributed by atoms with E-state index in [0.29, 0.717) is 50.2 Å². The Labute approximate surface area is 229 Å². The number of nitrogen functional groups attached to an aromatic ring is 1. The molecule has 2 aromatic carbocycles. The number of pyridine rings is 1. The Balaban J connectivity index is 1.65. The van der Waals surface area contributed by atoms with E-state index >= 15 is 4.39 Å². The van der Waals surface area contributed by atoms with Crippen molar-refractivity contribution in [2.75, 3.05) is 5.73 Å². The normalized spacial score (nSPS) is 10.8. The Morgan fingerprint density at radius 1 is 1.23 bits per heavy atom. The summed E-state index contributed by atoms with van der Waals surface area (Å²) in [6.07, 6.45) is 4.18. The summed E-state index contributed by atoms with van der Waals surface area (Å²) < 4.78 is 23.2. The van der Waals surface area contributed by atoms with Crippen molar-refractivity contribution in [1.29, 1.82) is 5.26 Å². The molecular weight excluding hydrogens is 509 g/mol. The lowest BCUT2D eigenvalue weighted by Crippen LogP contribution is -2.20. The summed E-state index contributed by atoms with van der Waals surface area (Å²) in [5.41, 5.74) is 10.7. The van der Waals surface area contributed by atoms with Crippen molar-refractivity contribution in [1.82, 2.24) is 24.8 Å². The molecule has 3 aromatic heterocycles. The summed E-state index contributed by atoms with van der Waals surface area (Å²) in [4.78, 5) is 24.2. The van der Waals surface area contributed by atoms with Crippen LogP contribution in [0.1, 0.15) is 16.8 Å². The molecule has 5 aromatic rings. The van der Waals surface area contributed by atoms with Crippen LogP contribution in [0.25, 0.3) is 33.3 Å². The smallest absolute Gasteiger partial charge is 0.322 e. The van der Waals surface area contributed by atoms with Crippen LogP contribution < -0.4 is 15.8 Å². The number of hydrogen-bond donors (Lipinski definition) is 2. The second-order valence-corrected chi connectivity index (χ2v) is 9.02. The summed E-state index contributed by atoms with van der Waals surface area (Å²) >= 11 is 0. The molecule has 0 aliphatic rings. The van der Waals surface area contributed by atoms with Crippen LogP contribution in [0, 0.1) is 24.1 Å². The molecule has 0 saturated carbocycles. The number of nitrogens with one attached hydrogen (secondary N) is 1. The van der Waals surface area contributed by atoms with Crippen LogP contribution in [0.4, 0.5) is 10.2 Å². The average molecular weight is 534 g/mol. The van der Waals surface area contributed by atoms with Gasteiger partial charge in [0.05, 0.1) is 22.2 Å². The van der Waals surface area contributed by atoms with Crippen LogP contribution in [0.2, 0.25) is 0 Å². The minimum absolute atomic E-state index is 0.144. The molecular formula is C30H24FN7O2. The number of anilines is 1. The van der Waals surface area contributed by atoms with E-state index < -0.39 is 5.82 Å². The monoisotopic (exact) mass is 533 g/mol. The Bertz CT molecular complexity index is 1820. The topological polar surface area (TPSA) is 132 Å². The number of carbonyl (C=O) groups is 1. The van der Waals surface area contributed by atoms with E-state index in [1.165, 1.54) is 12.3 Å². The van der Waals surface area contributed by atoms with Gasteiger partial charge in [-0.3, -0.25) is 4.79 Å². The molecule has 0 spiro atoms. The van der Waals surface area contributed by atoms with Gasteiger partial charge in [0.2, 0.25) is 5.91 Å². The second kappa shape index (κ2) is 10.7. The van der Waals surface area contributed by atoms with Gasteiger partial charge in [0.1, 0.15) is 23.5 Å². The predicted octanol–water partition coefficient (Wildman–Crippen LogP) is 5.19. The molecule has 0 radical (unpaired) electrons. The Hall–Kier alpha value is -5.56. The number of nitrogens with two attached hydrogens (primary N) is 1. The Kier molecular flexibility index (Phi) is 6.95. The first-order chi connectivity index (χ1) is 19.3. The molecule has 0 unspecified atom stereocenters. The van der Waals surface area contributed by atoms with Gasteiger partial charge >= 0.3 is 6.01 Å². The summed E-state index contributed by atoms with van der Waals surface area (Å²) in [7, 11) is 1.76. The van der Waals surface area contributed by atoms with E-state index in [1.54, 1.807) is 48.1 Å². The maximum atomic E-state index is 15.7. The Morgan fingerprint density at radius 2 is 2.00 bits per heavy atom. The lowest BCUT2D eigenvalue weighted by Gasteiger charge is -2.12. The third-order valence-corrected chi connectivity index (χ3v) is 6.42. The molecule has 0 fully saturated rings. The number of amides is 1. The highest BCUT2D eigenvalue weighted by Gasteiger charge is 2.25. The van der Waals surface area contributed by atoms with Gasteiger partial charge in [-0.1, -0.05) is 24.8 Å². The fourth-order valence-corrected chi connectivity index (χ4v) is 4.58. The van der Waals surface area contributed by atoms with E-state index in [0.717, 1.165) is 11.8 Å². The minimum atomic E-state index is -0.501. The van der Waals surface area contributed by atoms with E-state index in [-0.39, 0.29) is 24.3 Å². The van der Waals surface area contributed by atoms with E-state index in [1.807, 2.05) is 19.1 Å². The van der Waals surface area contributed by atoms with Crippen molar-refractivity contribution in [2.45, 2.75) is 13.5 Å². The maximum Gasteiger partial charge on any atom is 0.322 e.